The number of hydrogen-bond donors (Lipinski definition) is 7. The van der Waals surface area contributed by atoms with Crippen LogP contribution in [0.1, 0.15) is 75.5 Å². The number of allylic oxidation sites excluding steroid dienone is 2. The van der Waals surface area contributed by atoms with Crippen LogP contribution in [0.15, 0.2) is 83.7 Å². The minimum absolute atomic E-state index is 0.00585. The van der Waals surface area contributed by atoms with Crippen LogP contribution in [0.4, 0.5) is 5.69 Å². The molecule has 0 spiro atoms. The summed E-state index contributed by atoms with van der Waals surface area (Å²) in [6.07, 6.45) is 4.15. The number of phenols is 3. The molecule has 9 unspecified atom stereocenters. The quantitative estimate of drug-likeness (QED) is 0.0355. The van der Waals surface area contributed by atoms with E-state index in [-0.39, 0.29) is 39.8 Å². The Morgan fingerprint density at radius 3 is 2.30 bits per heavy atom. The van der Waals surface area contributed by atoms with Crippen molar-refractivity contribution in [2.24, 2.45) is 28.8 Å². The molecule has 0 aliphatic carbocycles. The first-order valence-electron chi connectivity index (χ1n) is 21.6. The van der Waals surface area contributed by atoms with Crippen LogP contribution in [0.25, 0.3) is 21.5 Å². The van der Waals surface area contributed by atoms with E-state index < -0.39 is 106 Å². The van der Waals surface area contributed by atoms with Crippen LogP contribution in [-0.4, -0.2) is 92.6 Å². The molecule has 0 saturated carbocycles. The molecule has 3 aliphatic heterocycles. The van der Waals surface area contributed by atoms with Gasteiger partial charge in [-0.3, -0.25) is 19.2 Å². The zero-order chi connectivity index (χ0) is 48.4. The SMILES string of the molecule is COC1/C=C/OC2(C)Oc3c(C)c(O)c4c(O)c(c(/C=N/NC(=O)Cc5cccc6ccccc56)c(O)c4c3C2=O)NC(=O)/C(C)=C/C=C/C(C)C(O)C(C)C(O)C(C)C(OC(C)=O)C1C. The summed E-state index contributed by atoms with van der Waals surface area (Å²) in [6.45, 7) is 12.3. The van der Waals surface area contributed by atoms with E-state index in [2.05, 4.69) is 15.8 Å². The molecule has 0 aromatic heterocycles. The molecule has 9 atom stereocenters. The summed E-state index contributed by atoms with van der Waals surface area (Å²) in [7, 11) is 1.42. The third-order valence-electron chi connectivity index (χ3n) is 12.6. The Hall–Kier alpha value is -6.75. The molecule has 3 aliphatic rings. The van der Waals surface area contributed by atoms with E-state index in [1.54, 1.807) is 33.8 Å². The van der Waals surface area contributed by atoms with Crippen LogP contribution in [0.5, 0.6) is 23.0 Å². The van der Waals surface area contributed by atoms with E-state index in [4.69, 9.17) is 18.9 Å². The fourth-order valence-electron chi connectivity index (χ4n) is 8.70. The van der Waals surface area contributed by atoms with E-state index in [0.717, 1.165) is 28.8 Å². The van der Waals surface area contributed by atoms with Gasteiger partial charge in [-0.15, -0.1) is 0 Å². The maximum Gasteiger partial charge on any atom is 0.312 e. The molecule has 0 radical (unpaired) electrons. The molecule has 16 nitrogen and oxygen atoms in total. The Kier molecular flexibility index (Phi) is 14.6. The Labute approximate surface area is 382 Å². The highest BCUT2D eigenvalue weighted by atomic mass is 16.7. The van der Waals surface area contributed by atoms with E-state index in [9.17, 15) is 44.7 Å². The molecule has 2 amide bonds. The maximum absolute atomic E-state index is 14.5. The zero-order valence-electron chi connectivity index (χ0n) is 38.3. The Bertz CT molecular complexity index is 2680. The predicted octanol–water partition coefficient (Wildman–Crippen LogP) is 6.60. The number of ether oxygens (including phenoxy) is 4. The number of aliphatic hydroxyl groups excluding tert-OH is 2. The number of ketones is 1. The minimum Gasteiger partial charge on any atom is -0.507 e. The third kappa shape index (κ3) is 9.48. The van der Waals surface area contributed by atoms with Gasteiger partial charge in [0, 0.05) is 61.2 Å². The van der Waals surface area contributed by atoms with Crippen molar-refractivity contribution in [2.75, 3.05) is 12.4 Å². The van der Waals surface area contributed by atoms with Gasteiger partial charge in [-0.1, -0.05) is 88.4 Å². The Morgan fingerprint density at radius 1 is 0.909 bits per heavy atom. The molecule has 16 heteroatoms. The number of rotatable bonds is 6. The van der Waals surface area contributed by atoms with Crippen LogP contribution in [-0.2, 0) is 35.0 Å². The lowest BCUT2D eigenvalue weighted by Crippen LogP contribution is -2.46. The van der Waals surface area contributed by atoms with Gasteiger partial charge >= 0.3 is 11.8 Å². The van der Waals surface area contributed by atoms with Crippen LogP contribution in [0, 0.1) is 30.6 Å². The van der Waals surface area contributed by atoms with Crippen molar-refractivity contribution in [1.29, 1.82) is 0 Å². The van der Waals surface area contributed by atoms with E-state index in [1.165, 1.54) is 53.0 Å². The fourth-order valence-corrected chi connectivity index (χ4v) is 8.70. The highest BCUT2D eigenvalue weighted by Gasteiger charge is 2.50. The van der Waals surface area contributed by atoms with Gasteiger partial charge in [0.15, 0.2) is 5.75 Å². The first kappa shape index (κ1) is 48.7. The molecule has 4 aromatic rings. The molecule has 4 aromatic carbocycles. The lowest BCUT2D eigenvalue weighted by molar-refractivity contribution is -0.160. The number of carbonyl (C=O) groups excluding carboxylic acids is 4. The van der Waals surface area contributed by atoms with Crippen LogP contribution >= 0.6 is 0 Å². The maximum atomic E-state index is 14.5. The number of carbonyl (C=O) groups is 4. The van der Waals surface area contributed by atoms with Gasteiger partial charge in [-0.2, -0.15) is 5.10 Å². The van der Waals surface area contributed by atoms with Crippen molar-refractivity contribution in [3.63, 3.8) is 0 Å². The number of phenolic OH excluding ortho intramolecular Hbond substituents is 3. The van der Waals surface area contributed by atoms with Crippen LogP contribution in [0.2, 0.25) is 0 Å². The number of hydrogen-bond acceptors (Lipinski definition) is 14. The molecule has 7 N–H and O–H groups in total. The number of methoxy groups -OCH3 is 1. The van der Waals surface area contributed by atoms with Gasteiger partial charge in [0.05, 0.1) is 59.4 Å². The van der Waals surface area contributed by atoms with Crippen molar-refractivity contribution in [1.82, 2.24) is 5.43 Å². The zero-order valence-corrected chi connectivity index (χ0v) is 38.3. The number of anilines is 1. The van der Waals surface area contributed by atoms with Gasteiger partial charge < -0.3 is 49.8 Å². The molecular weight excluding hydrogens is 851 g/mol. The molecule has 7 rings (SSSR count). The van der Waals surface area contributed by atoms with Gasteiger partial charge in [-0.05, 0) is 36.3 Å². The smallest absolute Gasteiger partial charge is 0.312 e. The average Bonchev–Trinajstić information content (AvgIpc) is 3.55. The molecule has 66 heavy (non-hydrogen) atoms. The summed E-state index contributed by atoms with van der Waals surface area (Å²) in [4.78, 5) is 54.0. The van der Waals surface area contributed by atoms with Gasteiger partial charge in [0.25, 0.3) is 11.7 Å². The largest absolute Gasteiger partial charge is 0.507 e. The van der Waals surface area contributed by atoms with Crippen LogP contribution in [0.3, 0.4) is 0 Å². The second kappa shape index (κ2) is 19.8. The first-order chi connectivity index (χ1) is 31.2. The van der Waals surface area contributed by atoms with Crippen molar-refractivity contribution in [2.45, 2.75) is 92.0 Å². The van der Waals surface area contributed by atoms with Gasteiger partial charge in [0.1, 0.15) is 23.4 Å². The average molecular weight is 908 g/mol. The highest BCUT2D eigenvalue weighted by molar-refractivity contribution is 6.24. The van der Waals surface area contributed by atoms with Crippen molar-refractivity contribution in [3.8, 4) is 23.0 Å². The molecule has 0 saturated heterocycles. The van der Waals surface area contributed by atoms with E-state index in [1.807, 2.05) is 42.5 Å². The number of aromatic hydroxyl groups is 3. The van der Waals surface area contributed by atoms with Crippen molar-refractivity contribution < 1.29 is 63.7 Å². The number of benzene rings is 4. The summed E-state index contributed by atoms with van der Waals surface area (Å²) < 4.78 is 23.6. The topological polar surface area (TPSA) is 243 Å². The molecule has 0 fully saturated rings. The van der Waals surface area contributed by atoms with E-state index >= 15 is 0 Å². The van der Waals surface area contributed by atoms with Crippen LogP contribution < -0.4 is 15.5 Å². The van der Waals surface area contributed by atoms with E-state index in [0.29, 0.717) is 0 Å². The minimum atomic E-state index is -2.12. The second-order valence-corrected chi connectivity index (χ2v) is 17.2. The Balaban J connectivity index is 1.48. The monoisotopic (exact) mass is 907 g/mol. The second-order valence-electron chi connectivity index (χ2n) is 17.2. The molecule has 5 bridgehead atoms. The summed E-state index contributed by atoms with van der Waals surface area (Å²) in [5.41, 5.74) is 2.21. The summed E-state index contributed by atoms with van der Waals surface area (Å²) in [5.74, 6) is -9.70. The van der Waals surface area contributed by atoms with Crippen molar-refractivity contribution in [3.05, 3.63) is 101 Å². The van der Waals surface area contributed by atoms with Gasteiger partial charge in [0.2, 0.25) is 5.91 Å². The Morgan fingerprint density at radius 2 is 1.61 bits per heavy atom. The van der Waals surface area contributed by atoms with Gasteiger partial charge in [-0.25, -0.2) is 5.43 Å². The fraction of sp³-hybridized carbons (Fsp3) is 0.380. The molecular formula is C50H57N3O13. The number of aliphatic hydroxyl groups is 2. The summed E-state index contributed by atoms with van der Waals surface area (Å²) >= 11 is 0. The standard InChI is InChI=1S/C50H57N3O13/c1-24-14-12-15-25(2)49(62)52-40-34(23-51-53-36(55)22-32-18-13-17-31-16-10-11-19-33(31)32)44(59)37-38(45(40)60)43(58)29(6)47-39(37)48(61)50(8,66-47)64-21-20-35(63-9)26(3)46(65-30(7)54)28(5)42(57)27(4)41(24)56/h10-21,23-24,26-28,35,41-42,46,56-60H,22H2,1-9H3,(H,52,62)(H,53,55)/b14-12+,21-20+,25-15+,51-23+. The molecule has 3 heterocycles. The lowest BCUT2D eigenvalue weighted by Gasteiger charge is -2.38. The number of hydrazone groups is 1. The number of esters is 1. The predicted molar refractivity (Wildman–Crippen MR) is 247 cm³/mol. The lowest BCUT2D eigenvalue weighted by atomic mass is 9.78. The highest BCUT2D eigenvalue weighted by Crippen LogP contribution is 2.55. The number of nitrogens with one attached hydrogen (secondary N) is 2. The first-order valence-corrected chi connectivity index (χ1v) is 21.6. The number of amides is 2. The number of fused-ring (bicyclic) bond motifs is 15. The number of Topliss-reactive ketones (excluding diaryl/α,β-unsaturated/α-hetero) is 1. The normalized spacial score (nSPS) is 28.1. The summed E-state index contributed by atoms with van der Waals surface area (Å²) in [6, 6.07) is 13.1. The molecule has 350 valence electrons. The van der Waals surface area contributed by atoms with Crippen molar-refractivity contribution >= 4 is 57.0 Å². The third-order valence-corrected chi connectivity index (χ3v) is 12.6. The number of nitrogens with zero attached hydrogens (tertiary/aromatic N) is 1. The summed E-state index contributed by atoms with van der Waals surface area (Å²) in [5, 5.41) is 66.4.